The SMILES string of the molecule is C1=CC(n2c3ccc(-c4nc(-c5ccccc5)nc(-c5cc(-c6ccccc6)cc(-c6ccccc6)c5)n4)cc3c3c4cccc5ccc6cccc(c6c54)c32)=CCC1.CC. The zero-order chi connectivity index (χ0) is 40.9. The smallest absolute Gasteiger partial charge is 0.164 e. The monoisotopic (exact) mass is 782 g/mol. The molecule has 0 fully saturated rings. The van der Waals surface area contributed by atoms with Gasteiger partial charge in [-0.3, -0.25) is 0 Å². The number of hydrogen-bond acceptors (Lipinski definition) is 3. The average Bonchev–Trinajstić information content (AvgIpc) is 3.70. The van der Waals surface area contributed by atoms with E-state index in [2.05, 4.69) is 181 Å². The molecule has 0 radical (unpaired) electrons. The average molecular weight is 783 g/mol. The molecule has 0 amide bonds. The minimum absolute atomic E-state index is 0.631. The molecule has 0 unspecified atom stereocenters. The Kier molecular flexibility index (Phi) is 9.05. The fourth-order valence-corrected chi connectivity index (χ4v) is 9.25. The molecule has 0 N–H and O–H groups in total. The molecule has 11 aromatic rings. The van der Waals surface area contributed by atoms with Crippen molar-refractivity contribution < 1.29 is 0 Å². The van der Waals surface area contributed by atoms with Gasteiger partial charge in [-0.2, -0.15) is 0 Å². The van der Waals surface area contributed by atoms with Crippen LogP contribution in [-0.4, -0.2) is 19.5 Å². The summed E-state index contributed by atoms with van der Waals surface area (Å²) in [5, 5.41) is 10.1. The Bertz CT molecular complexity index is 3410. The van der Waals surface area contributed by atoms with Gasteiger partial charge in [0.2, 0.25) is 0 Å². The zero-order valence-corrected chi connectivity index (χ0v) is 34.2. The molecular formula is C57H42N4. The lowest BCUT2D eigenvalue weighted by Crippen LogP contribution is -2.01. The topological polar surface area (TPSA) is 43.6 Å². The maximum Gasteiger partial charge on any atom is 0.164 e. The fraction of sp³-hybridized carbons (Fsp3) is 0.0702. The van der Waals surface area contributed by atoms with Crippen molar-refractivity contribution in [1.29, 1.82) is 0 Å². The van der Waals surface area contributed by atoms with Gasteiger partial charge in [-0.25, -0.2) is 15.0 Å². The lowest BCUT2D eigenvalue weighted by atomic mass is 9.91. The molecule has 61 heavy (non-hydrogen) atoms. The summed E-state index contributed by atoms with van der Waals surface area (Å²) in [6.07, 6.45) is 9.04. The minimum Gasteiger partial charge on any atom is -0.309 e. The molecule has 1 aliphatic rings. The summed E-state index contributed by atoms with van der Waals surface area (Å²) in [7, 11) is 0. The van der Waals surface area contributed by atoms with E-state index in [1.54, 1.807) is 0 Å². The molecule has 0 spiro atoms. The Morgan fingerprint density at radius 1 is 0.393 bits per heavy atom. The first-order valence-electron chi connectivity index (χ1n) is 21.3. The van der Waals surface area contributed by atoms with E-state index in [1.165, 1.54) is 59.8 Å². The number of fused-ring (bicyclic) bond motifs is 5. The van der Waals surface area contributed by atoms with E-state index < -0.39 is 0 Å². The van der Waals surface area contributed by atoms with Crippen molar-refractivity contribution in [2.45, 2.75) is 26.7 Å². The van der Waals surface area contributed by atoms with Crippen LogP contribution < -0.4 is 0 Å². The molecule has 0 saturated carbocycles. The summed E-state index contributed by atoms with van der Waals surface area (Å²) in [5.74, 6) is 1.91. The molecule has 290 valence electrons. The van der Waals surface area contributed by atoms with Crippen molar-refractivity contribution in [3.8, 4) is 56.4 Å². The van der Waals surface area contributed by atoms with E-state index in [4.69, 9.17) is 15.0 Å². The summed E-state index contributed by atoms with van der Waals surface area (Å²) >= 11 is 0. The highest BCUT2D eigenvalue weighted by molar-refractivity contribution is 6.38. The highest BCUT2D eigenvalue weighted by atomic mass is 15.0. The quantitative estimate of drug-likeness (QED) is 0.158. The second-order valence-electron chi connectivity index (χ2n) is 15.5. The summed E-state index contributed by atoms with van der Waals surface area (Å²) in [5.41, 5.74) is 10.9. The van der Waals surface area contributed by atoms with E-state index in [0.717, 1.165) is 51.8 Å². The van der Waals surface area contributed by atoms with Gasteiger partial charge >= 0.3 is 0 Å². The van der Waals surface area contributed by atoms with Crippen LogP contribution in [0.2, 0.25) is 0 Å². The number of benzene rings is 9. The van der Waals surface area contributed by atoms with Crippen LogP contribution in [0.5, 0.6) is 0 Å². The van der Waals surface area contributed by atoms with Gasteiger partial charge in [0, 0.05) is 38.5 Å². The van der Waals surface area contributed by atoms with E-state index in [0.29, 0.717) is 17.5 Å². The Morgan fingerprint density at radius 2 is 0.934 bits per heavy atom. The van der Waals surface area contributed by atoms with E-state index in [9.17, 15) is 0 Å². The summed E-state index contributed by atoms with van der Waals surface area (Å²) in [6.45, 7) is 4.00. The molecule has 2 aromatic heterocycles. The molecule has 2 heterocycles. The van der Waals surface area contributed by atoms with Crippen molar-refractivity contribution in [1.82, 2.24) is 19.5 Å². The number of nitrogens with zero attached hydrogens (tertiary/aromatic N) is 4. The highest BCUT2D eigenvalue weighted by Gasteiger charge is 2.23. The van der Waals surface area contributed by atoms with E-state index >= 15 is 0 Å². The fourth-order valence-electron chi connectivity index (χ4n) is 9.25. The second kappa shape index (κ2) is 15.2. The number of hydrogen-bond donors (Lipinski definition) is 0. The largest absolute Gasteiger partial charge is 0.309 e. The van der Waals surface area contributed by atoms with Crippen LogP contribution >= 0.6 is 0 Å². The maximum atomic E-state index is 5.34. The van der Waals surface area contributed by atoms with Crippen LogP contribution in [0.1, 0.15) is 26.7 Å². The van der Waals surface area contributed by atoms with Crippen molar-refractivity contribution in [2.75, 3.05) is 0 Å². The Labute approximate surface area is 355 Å². The van der Waals surface area contributed by atoms with Gasteiger partial charge in [-0.05, 0) is 105 Å². The van der Waals surface area contributed by atoms with Crippen molar-refractivity contribution in [2.24, 2.45) is 0 Å². The zero-order valence-electron chi connectivity index (χ0n) is 34.2. The number of aromatic nitrogens is 4. The molecule has 4 nitrogen and oxygen atoms in total. The molecule has 0 saturated heterocycles. The molecule has 1 aliphatic carbocycles. The lowest BCUT2D eigenvalue weighted by Gasteiger charge is -2.16. The third-order valence-electron chi connectivity index (χ3n) is 11.9. The van der Waals surface area contributed by atoms with E-state index in [-0.39, 0.29) is 0 Å². The van der Waals surface area contributed by atoms with Gasteiger partial charge in [0.1, 0.15) is 0 Å². The van der Waals surface area contributed by atoms with Gasteiger partial charge in [0.15, 0.2) is 17.5 Å². The number of rotatable bonds is 6. The first-order valence-corrected chi connectivity index (χ1v) is 21.3. The third kappa shape index (κ3) is 6.19. The first-order chi connectivity index (χ1) is 30.2. The van der Waals surface area contributed by atoms with Gasteiger partial charge < -0.3 is 4.57 Å². The number of allylic oxidation sites excluding steroid dienone is 4. The Morgan fingerprint density at radius 3 is 1.54 bits per heavy atom. The molecular weight excluding hydrogens is 741 g/mol. The van der Waals surface area contributed by atoms with Crippen molar-refractivity contribution in [3.05, 3.63) is 194 Å². The van der Waals surface area contributed by atoms with Gasteiger partial charge in [0.05, 0.1) is 11.0 Å². The van der Waals surface area contributed by atoms with Crippen LogP contribution in [0.4, 0.5) is 0 Å². The second-order valence-corrected chi connectivity index (χ2v) is 15.5. The Balaban J connectivity index is 0.00000207. The van der Waals surface area contributed by atoms with Crippen LogP contribution in [0, 0.1) is 0 Å². The van der Waals surface area contributed by atoms with Crippen LogP contribution in [0.25, 0.3) is 116 Å². The predicted molar refractivity (Wildman–Crippen MR) is 258 cm³/mol. The summed E-state index contributed by atoms with van der Waals surface area (Å²) in [6, 6.07) is 62.8. The lowest BCUT2D eigenvalue weighted by molar-refractivity contribution is 1.02. The van der Waals surface area contributed by atoms with Gasteiger partial charge in [-0.15, -0.1) is 0 Å². The van der Waals surface area contributed by atoms with E-state index in [1.807, 2.05) is 32.0 Å². The standard InChI is InChI=1S/C55H36N4.C2H6/c1-5-15-35(16-6-1)41-31-42(36-17-7-2-8-18-36)33-43(32-41)55-57-53(39-19-9-3-10-20-39)56-54(58-55)40-29-30-48-47(34-40)51-45-25-13-21-37-27-28-38-22-14-26-46(50(38)49(37)45)52(51)59(48)44-23-11-4-12-24-44;1-2/h1-3,5-11,13-34H,4,12H2;1-2H3. The first kappa shape index (κ1) is 36.4. The van der Waals surface area contributed by atoms with Gasteiger partial charge in [0.25, 0.3) is 0 Å². The minimum atomic E-state index is 0.631. The van der Waals surface area contributed by atoms with Crippen molar-refractivity contribution >= 4 is 59.8 Å². The Hall–Kier alpha value is -7.69. The van der Waals surface area contributed by atoms with Crippen LogP contribution in [-0.2, 0) is 0 Å². The third-order valence-corrected chi connectivity index (χ3v) is 11.9. The van der Waals surface area contributed by atoms with Crippen LogP contribution in [0.3, 0.4) is 0 Å². The predicted octanol–water partition coefficient (Wildman–Crippen LogP) is 15.4. The molecule has 0 bridgehead atoms. The maximum absolute atomic E-state index is 5.34. The molecule has 0 atom stereocenters. The molecule has 9 aromatic carbocycles. The van der Waals surface area contributed by atoms with Gasteiger partial charge in [-0.1, -0.05) is 166 Å². The van der Waals surface area contributed by atoms with Crippen LogP contribution in [0.15, 0.2) is 194 Å². The molecule has 12 rings (SSSR count). The summed E-state index contributed by atoms with van der Waals surface area (Å²) in [4.78, 5) is 15.8. The normalized spacial score (nSPS) is 12.7. The highest BCUT2D eigenvalue weighted by Crippen LogP contribution is 2.46. The molecule has 0 aliphatic heterocycles. The van der Waals surface area contributed by atoms with Crippen molar-refractivity contribution in [3.63, 3.8) is 0 Å². The molecule has 4 heteroatoms. The summed E-state index contributed by atoms with van der Waals surface area (Å²) < 4.78 is 2.49.